The van der Waals surface area contributed by atoms with Crippen molar-refractivity contribution in [2.24, 2.45) is 0 Å². The van der Waals surface area contributed by atoms with Gasteiger partial charge in [-0.15, -0.1) is 0 Å². The predicted octanol–water partition coefficient (Wildman–Crippen LogP) is 2.26. The van der Waals surface area contributed by atoms with E-state index in [1.807, 2.05) is 55.5 Å². The number of aromatic nitrogens is 4. The largest absolute Gasteiger partial charge is 0.497 e. The number of nitrogens with zero attached hydrogens (tertiary/aromatic N) is 4. The molecular weight excluding hydrogens is 394 g/mol. The number of carbonyl (C=O) groups excluding carboxylic acids is 1. The second-order valence-corrected chi connectivity index (χ2v) is 7.25. The minimum absolute atomic E-state index is 0.0971. The maximum absolute atomic E-state index is 12.8. The van der Waals surface area contributed by atoms with Crippen LogP contribution in [0.25, 0.3) is 16.7 Å². The van der Waals surface area contributed by atoms with Crippen molar-refractivity contribution in [2.45, 2.75) is 19.9 Å². The molecule has 8 nitrogen and oxygen atoms in total. The molecule has 0 spiro atoms. The second kappa shape index (κ2) is 8.83. The van der Waals surface area contributed by atoms with Crippen LogP contribution in [0.5, 0.6) is 5.75 Å². The second-order valence-electron chi connectivity index (χ2n) is 7.25. The molecule has 2 aromatic carbocycles. The molecule has 0 bridgehead atoms. The lowest BCUT2D eigenvalue weighted by Crippen LogP contribution is -2.33. The molecule has 2 aromatic heterocycles. The van der Waals surface area contributed by atoms with Crippen LogP contribution < -0.4 is 15.6 Å². The van der Waals surface area contributed by atoms with Gasteiger partial charge < -0.3 is 10.1 Å². The van der Waals surface area contributed by atoms with Crippen molar-refractivity contribution in [3.8, 4) is 11.4 Å². The number of amides is 1. The summed E-state index contributed by atoms with van der Waals surface area (Å²) in [5.41, 5.74) is 3.21. The number of carbonyl (C=O) groups is 1. The maximum atomic E-state index is 12.8. The molecule has 0 fully saturated rings. The fourth-order valence-electron chi connectivity index (χ4n) is 3.29. The number of benzene rings is 2. The zero-order valence-corrected chi connectivity index (χ0v) is 17.4. The van der Waals surface area contributed by atoms with Gasteiger partial charge in [0.2, 0.25) is 5.91 Å². The van der Waals surface area contributed by atoms with E-state index in [1.165, 1.54) is 17.1 Å². The van der Waals surface area contributed by atoms with Crippen LogP contribution in [0.1, 0.15) is 11.1 Å². The van der Waals surface area contributed by atoms with Gasteiger partial charge in [0.1, 0.15) is 24.0 Å². The van der Waals surface area contributed by atoms with E-state index in [9.17, 15) is 9.59 Å². The highest BCUT2D eigenvalue weighted by Gasteiger charge is 2.13. The van der Waals surface area contributed by atoms with Gasteiger partial charge in [0, 0.05) is 6.54 Å². The van der Waals surface area contributed by atoms with Crippen molar-refractivity contribution >= 4 is 16.9 Å². The van der Waals surface area contributed by atoms with Gasteiger partial charge in [-0.2, -0.15) is 5.10 Å². The Hall–Kier alpha value is -3.94. The van der Waals surface area contributed by atoms with E-state index in [0.29, 0.717) is 24.0 Å². The molecule has 0 atom stereocenters. The van der Waals surface area contributed by atoms with E-state index >= 15 is 0 Å². The first kappa shape index (κ1) is 20.3. The zero-order valence-electron chi connectivity index (χ0n) is 17.4. The summed E-state index contributed by atoms with van der Waals surface area (Å²) in [7, 11) is 1.62. The van der Waals surface area contributed by atoms with Gasteiger partial charge in [-0.05, 0) is 43.2 Å². The third-order valence-corrected chi connectivity index (χ3v) is 5.04. The van der Waals surface area contributed by atoms with Crippen LogP contribution in [-0.4, -0.2) is 38.9 Å². The molecule has 0 aliphatic rings. The number of ether oxygens (including phenoxy) is 1. The van der Waals surface area contributed by atoms with Crippen molar-refractivity contribution in [3.05, 3.63) is 82.5 Å². The predicted molar refractivity (Wildman–Crippen MR) is 118 cm³/mol. The number of methoxy groups -OCH3 is 1. The SMILES string of the molecule is COc1ccc(CCNC(=O)Cn2cnc3c(cnn3-c3ccc(C)cc3)c2=O)cc1. The average Bonchev–Trinajstić information content (AvgIpc) is 3.21. The lowest BCUT2D eigenvalue weighted by molar-refractivity contribution is -0.121. The van der Waals surface area contributed by atoms with E-state index < -0.39 is 0 Å². The van der Waals surface area contributed by atoms with Gasteiger partial charge in [0.15, 0.2) is 5.65 Å². The van der Waals surface area contributed by atoms with Crippen LogP contribution >= 0.6 is 0 Å². The standard InChI is InChI=1S/C23H23N5O3/c1-16-3-7-18(8-4-16)28-22-20(13-26-28)23(30)27(15-25-22)14-21(29)24-12-11-17-5-9-19(31-2)10-6-17/h3-10,13,15H,11-12,14H2,1-2H3,(H,24,29). The fourth-order valence-corrected chi connectivity index (χ4v) is 3.29. The topological polar surface area (TPSA) is 91.0 Å². The summed E-state index contributed by atoms with van der Waals surface area (Å²) >= 11 is 0. The van der Waals surface area contributed by atoms with Gasteiger partial charge in [-0.25, -0.2) is 9.67 Å². The minimum Gasteiger partial charge on any atom is -0.497 e. The van der Waals surface area contributed by atoms with Crippen LogP contribution in [-0.2, 0) is 17.8 Å². The molecule has 0 saturated carbocycles. The van der Waals surface area contributed by atoms with Crippen LogP contribution in [0.15, 0.2) is 65.8 Å². The van der Waals surface area contributed by atoms with E-state index in [0.717, 1.165) is 22.6 Å². The van der Waals surface area contributed by atoms with E-state index in [4.69, 9.17) is 4.74 Å². The summed E-state index contributed by atoms with van der Waals surface area (Å²) in [6.45, 7) is 2.38. The van der Waals surface area contributed by atoms with E-state index in [1.54, 1.807) is 11.8 Å². The van der Waals surface area contributed by atoms with E-state index in [2.05, 4.69) is 15.4 Å². The lowest BCUT2D eigenvalue weighted by atomic mass is 10.1. The number of hydrogen-bond donors (Lipinski definition) is 1. The normalized spacial score (nSPS) is 10.9. The van der Waals surface area contributed by atoms with Gasteiger partial charge in [0.05, 0.1) is 19.0 Å². The average molecular weight is 417 g/mol. The minimum atomic E-state index is -0.298. The Morgan fingerprint density at radius 1 is 1.10 bits per heavy atom. The van der Waals surface area contributed by atoms with Crippen molar-refractivity contribution in [2.75, 3.05) is 13.7 Å². The highest BCUT2D eigenvalue weighted by atomic mass is 16.5. The van der Waals surface area contributed by atoms with Crippen LogP contribution in [0.4, 0.5) is 0 Å². The highest BCUT2D eigenvalue weighted by Crippen LogP contribution is 2.14. The summed E-state index contributed by atoms with van der Waals surface area (Å²) in [4.78, 5) is 29.5. The molecule has 4 rings (SSSR count). The van der Waals surface area contributed by atoms with Gasteiger partial charge in [-0.1, -0.05) is 29.8 Å². The first-order valence-corrected chi connectivity index (χ1v) is 9.95. The van der Waals surface area contributed by atoms with Crippen molar-refractivity contribution in [1.29, 1.82) is 0 Å². The molecule has 0 aliphatic carbocycles. The molecule has 2 heterocycles. The summed E-state index contributed by atoms with van der Waals surface area (Å²) in [5.74, 6) is 0.545. The Kier molecular flexibility index (Phi) is 5.79. The van der Waals surface area contributed by atoms with Crippen molar-refractivity contribution in [1.82, 2.24) is 24.6 Å². The fraction of sp³-hybridized carbons (Fsp3) is 0.217. The highest BCUT2D eigenvalue weighted by molar-refractivity contribution is 5.77. The molecule has 0 unspecified atom stereocenters. The maximum Gasteiger partial charge on any atom is 0.264 e. The zero-order chi connectivity index (χ0) is 21.8. The van der Waals surface area contributed by atoms with Crippen molar-refractivity contribution < 1.29 is 9.53 Å². The number of aryl methyl sites for hydroxylation is 1. The Morgan fingerprint density at radius 3 is 2.55 bits per heavy atom. The monoisotopic (exact) mass is 417 g/mol. The third-order valence-electron chi connectivity index (χ3n) is 5.04. The van der Waals surface area contributed by atoms with E-state index in [-0.39, 0.29) is 18.0 Å². The smallest absolute Gasteiger partial charge is 0.264 e. The van der Waals surface area contributed by atoms with Crippen molar-refractivity contribution in [3.63, 3.8) is 0 Å². The number of rotatable bonds is 7. The molecule has 0 radical (unpaired) electrons. The molecule has 158 valence electrons. The molecular formula is C23H23N5O3. The summed E-state index contributed by atoms with van der Waals surface area (Å²) < 4.78 is 8.06. The first-order chi connectivity index (χ1) is 15.0. The Balaban J connectivity index is 1.42. The molecule has 0 saturated heterocycles. The summed E-state index contributed by atoms with van der Waals surface area (Å²) in [6.07, 6.45) is 3.56. The van der Waals surface area contributed by atoms with Gasteiger partial charge >= 0.3 is 0 Å². The van der Waals surface area contributed by atoms with Crippen LogP contribution in [0, 0.1) is 6.92 Å². The molecule has 8 heteroatoms. The number of hydrogen-bond acceptors (Lipinski definition) is 5. The number of nitrogens with one attached hydrogen (secondary N) is 1. The number of fused-ring (bicyclic) bond motifs is 1. The summed E-state index contributed by atoms with van der Waals surface area (Å²) in [5, 5.41) is 7.51. The van der Waals surface area contributed by atoms with Crippen LogP contribution in [0.2, 0.25) is 0 Å². The quantitative estimate of drug-likeness (QED) is 0.498. The summed E-state index contributed by atoms with van der Waals surface area (Å²) in [6, 6.07) is 15.5. The first-order valence-electron chi connectivity index (χ1n) is 9.95. The Morgan fingerprint density at radius 2 is 1.84 bits per heavy atom. The Labute approximate surface area is 179 Å². The molecule has 1 N–H and O–H groups in total. The molecule has 1 amide bonds. The molecule has 0 aliphatic heterocycles. The molecule has 31 heavy (non-hydrogen) atoms. The van der Waals surface area contributed by atoms with Gasteiger partial charge in [-0.3, -0.25) is 14.2 Å². The van der Waals surface area contributed by atoms with Crippen LogP contribution in [0.3, 0.4) is 0 Å². The van der Waals surface area contributed by atoms with Gasteiger partial charge in [0.25, 0.3) is 5.56 Å². The third kappa shape index (κ3) is 4.48. The lowest BCUT2D eigenvalue weighted by Gasteiger charge is -2.08. The Bertz CT molecular complexity index is 1260. The molecule has 4 aromatic rings.